The van der Waals surface area contributed by atoms with Gasteiger partial charge in [-0.1, -0.05) is 12.1 Å². The highest BCUT2D eigenvalue weighted by molar-refractivity contribution is 7.09. The third-order valence-electron chi connectivity index (χ3n) is 4.57. The normalized spacial score (nSPS) is 16.7. The van der Waals surface area contributed by atoms with Gasteiger partial charge in [-0.15, -0.1) is 11.3 Å². The molecule has 1 unspecified atom stereocenters. The summed E-state index contributed by atoms with van der Waals surface area (Å²) >= 11 is 1.57. The number of nitrogens with one attached hydrogen (secondary N) is 1. The van der Waals surface area contributed by atoms with E-state index in [1.165, 1.54) is 0 Å². The molecule has 0 spiro atoms. The largest absolute Gasteiger partial charge is 0.493 e. The van der Waals surface area contributed by atoms with E-state index in [0.717, 1.165) is 10.4 Å². The Balaban J connectivity index is 1.57. The molecule has 1 saturated heterocycles. The molecule has 1 aromatic heterocycles. The lowest BCUT2D eigenvalue weighted by atomic mass is 10.1. The van der Waals surface area contributed by atoms with Crippen LogP contribution in [0.4, 0.5) is 0 Å². The lowest BCUT2D eigenvalue weighted by Crippen LogP contribution is -2.56. The van der Waals surface area contributed by atoms with E-state index in [9.17, 15) is 9.59 Å². The van der Waals surface area contributed by atoms with Crippen LogP contribution in [0.5, 0.6) is 11.5 Å². The van der Waals surface area contributed by atoms with Crippen molar-refractivity contribution in [3.8, 4) is 11.5 Å². The molecule has 2 amide bonds. The summed E-state index contributed by atoms with van der Waals surface area (Å²) in [6, 6.07) is 8.94. The fourth-order valence-electron chi connectivity index (χ4n) is 3.07. The van der Waals surface area contributed by atoms with Gasteiger partial charge in [0.2, 0.25) is 11.8 Å². The monoisotopic (exact) mass is 404 g/mol. The van der Waals surface area contributed by atoms with Gasteiger partial charge in [0, 0.05) is 11.4 Å². The number of carbonyl (C=O) groups excluding carboxylic acids is 2. The van der Waals surface area contributed by atoms with Crippen LogP contribution in [0.15, 0.2) is 35.7 Å². The molecule has 1 aliphatic rings. The van der Waals surface area contributed by atoms with E-state index in [1.54, 1.807) is 30.5 Å². The maximum atomic E-state index is 12.7. The molecule has 0 bridgehead atoms. The molecule has 1 fully saturated rings. The number of thiophene rings is 1. The topological polar surface area (TPSA) is 77.1 Å². The SMILES string of the molecule is COc1ccc(CCNC(=O)C2COCC(=O)N2Cc2cccs2)cc1OC. The van der Waals surface area contributed by atoms with Crippen molar-refractivity contribution in [1.29, 1.82) is 0 Å². The zero-order chi connectivity index (χ0) is 19.9. The summed E-state index contributed by atoms with van der Waals surface area (Å²) < 4.78 is 15.8. The standard InChI is InChI=1S/C20H24N2O5S/c1-25-17-6-5-14(10-18(17)26-2)7-8-21-20(24)16-12-27-13-19(23)22(16)11-15-4-3-9-28-15/h3-6,9-10,16H,7-8,11-13H2,1-2H3,(H,21,24). The van der Waals surface area contributed by atoms with Crippen molar-refractivity contribution in [2.45, 2.75) is 19.0 Å². The summed E-state index contributed by atoms with van der Waals surface area (Å²) in [5, 5.41) is 4.87. The molecule has 7 nitrogen and oxygen atoms in total. The number of hydrogen-bond acceptors (Lipinski definition) is 6. The van der Waals surface area contributed by atoms with Crippen LogP contribution < -0.4 is 14.8 Å². The molecule has 0 radical (unpaired) electrons. The van der Waals surface area contributed by atoms with Crippen LogP contribution in [0.2, 0.25) is 0 Å². The van der Waals surface area contributed by atoms with E-state index >= 15 is 0 Å². The number of hydrogen-bond donors (Lipinski definition) is 1. The summed E-state index contributed by atoms with van der Waals surface area (Å²) in [4.78, 5) is 27.6. The van der Waals surface area contributed by atoms with Gasteiger partial charge >= 0.3 is 0 Å². The first kappa shape index (κ1) is 20.2. The molecule has 0 saturated carbocycles. The molecular weight excluding hydrogens is 380 g/mol. The van der Waals surface area contributed by atoms with Crippen molar-refractivity contribution >= 4 is 23.2 Å². The van der Waals surface area contributed by atoms with Gasteiger partial charge in [0.1, 0.15) is 12.6 Å². The number of morpholine rings is 1. The summed E-state index contributed by atoms with van der Waals surface area (Å²) in [5.74, 6) is 0.946. The maximum absolute atomic E-state index is 12.7. The van der Waals surface area contributed by atoms with Crippen molar-refractivity contribution in [2.24, 2.45) is 0 Å². The van der Waals surface area contributed by atoms with Crippen molar-refractivity contribution in [1.82, 2.24) is 10.2 Å². The second-order valence-electron chi connectivity index (χ2n) is 6.36. The van der Waals surface area contributed by atoms with Crippen LogP contribution in [0.25, 0.3) is 0 Å². The quantitative estimate of drug-likeness (QED) is 0.727. The summed E-state index contributed by atoms with van der Waals surface area (Å²) in [5.41, 5.74) is 1.02. The average molecular weight is 404 g/mol. The third-order valence-corrected chi connectivity index (χ3v) is 5.43. The Hall–Kier alpha value is -2.58. The van der Waals surface area contributed by atoms with Gasteiger partial charge in [-0.05, 0) is 35.6 Å². The first-order valence-electron chi connectivity index (χ1n) is 9.00. The van der Waals surface area contributed by atoms with E-state index < -0.39 is 6.04 Å². The van der Waals surface area contributed by atoms with E-state index in [0.29, 0.717) is 31.0 Å². The Bertz CT molecular complexity index is 809. The summed E-state index contributed by atoms with van der Waals surface area (Å²) in [6.45, 7) is 1.10. The second-order valence-corrected chi connectivity index (χ2v) is 7.39. The molecule has 1 N–H and O–H groups in total. The predicted octanol–water partition coefficient (Wildman–Crippen LogP) is 1.85. The Morgan fingerprint density at radius 3 is 2.82 bits per heavy atom. The lowest BCUT2D eigenvalue weighted by molar-refractivity contribution is -0.155. The van der Waals surface area contributed by atoms with E-state index in [2.05, 4.69) is 5.32 Å². The Morgan fingerprint density at radius 1 is 1.29 bits per heavy atom. The van der Waals surface area contributed by atoms with Crippen molar-refractivity contribution in [2.75, 3.05) is 34.0 Å². The molecule has 28 heavy (non-hydrogen) atoms. The zero-order valence-electron chi connectivity index (χ0n) is 16.0. The van der Waals surface area contributed by atoms with Gasteiger partial charge in [-0.25, -0.2) is 0 Å². The zero-order valence-corrected chi connectivity index (χ0v) is 16.8. The highest BCUT2D eigenvalue weighted by atomic mass is 32.1. The Kier molecular flexibility index (Phi) is 6.89. The van der Waals surface area contributed by atoms with E-state index in [4.69, 9.17) is 14.2 Å². The molecule has 8 heteroatoms. The van der Waals surface area contributed by atoms with Crippen LogP contribution in [0, 0.1) is 0 Å². The molecular formula is C20H24N2O5S. The minimum atomic E-state index is -0.617. The minimum Gasteiger partial charge on any atom is -0.493 e. The molecule has 0 aliphatic carbocycles. The van der Waals surface area contributed by atoms with Gasteiger partial charge in [-0.2, -0.15) is 0 Å². The number of methoxy groups -OCH3 is 2. The third kappa shape index (κ3) is 4.82. The Morgan fingerprint density at radius 2 is 2.11 bits per heavy atom. The first-order valence-corrected chi connectivity index (χ1v) is 9.88. The fourth-order valence-corrected chi connectivity index (χ4v) is 3.78. The maximum Gasteiger partial charge on any atom is 0.249 e. The molecule has 2 aromatic rings. The summed E-state index contributed by atoms with van der Waals surface area (Å²) in [6.07, 6.45) is 0.637. The average Bonchev–Trinajstić information content (AvgIpc) is 3.22. The molecule has 2 heterocycles. The van der Waals surface area contributed by atoms with Crippen LogP contribution >= 0.6 is 11.3 Å². The number of amides is 2. The van der Waals surface area contributed by atoms with Crippen LogP contribution in [0.1, 0.15) is 10.4 Å². The second kappa shape index (κ2) is 9.57. The molecule has 3 rings (SSSR count). The first-order chi connectivity index (χ1) is 13.6. The van der Waals surface area contributed by atoms with Gasteiger partial charge in [0.05, 0.1) is 27.4 Å². The Labute approximate surface area is 168 Å². The minimum absolute atomic E-state index is 0.0147. The van der Waals surface area contributed by atoms with E-state index in [-0.39, 0.29) is 25.0 Å². The smallest absolute Gasteiger partial charge is 0.249 e. The highest BCUT2D eigenvalue weighted by Crippen LogP contribution is 2.27. The van der Waals surface area contributed by atoms with Gasteiger partial charge in [0.15, 0.2) is 11.5 Å². The van der Waals surface area contributed by atoms with E-state index in [1.807, 2.05) is 35.7 Å². The number of carbonyl (C=O) groups is 2. The molecule has 150 valence electrons. The van der Waals surface area contributed by atoms with Crippen LogP contribution in [-0.4, -0.2) is 56.7 Å². The van der Waals surface area contributed by atoms with Crippen LogP contribution in [-0.2, 0) is 27.3 Å². The number of rotatable bonds is 8. The number of ether oxygens (including phenoxy) is 3. The highest BCUT2D eigenvalue weighted by Gasteiger charge is 2.34. The van der Waals surface area contributed by atoms with Gasteiger partial charge in [0.25, 0.3) is 0 Å². The van der Waals surface area contributed by atoms with Gasteiger partial charge in [-0.3, -0.25) is 9.59 Å². The fraction of sp³-hybridized carbons (Fsp3) is 0.400. The van der Waals surface area contributed by atoms with Crippen LogP contribution in [0.3, 0.4) is 0 Å². The number of benzene rings is 1. The summed E-state index contributed by atoms with van der Waals surface area (Å²) in [7, 11) is 3.18. The lowest BCUT2D eigenvalue weighted by Gasteiger charge is -2.34. The number of nitrogens with zero attached hydrogens (tertiary/aromatic N) is 1. The molecule has 1 atom stereocenters. The van der Waals surface area contributed by atoms with Crippen molar-refractivity contribution < 1.29 is 23.8 Å². The molecule has 1 aromatic carbocycles. The van der Waals surface area contributed by atoms with Gasteiger partial charge < -0.3 is 24.4 Å². The molecule has 1 aliphatic heterocycles. The van der Waals surface area contributed by atoms with Crippen molar-refractivity contribution in [3.63, 3.8) is 0 Å². The van der Waals surface area contributed by atoms with Crippen molar-refractivity contribution in [3.05, 3.63) is 46.2 Å². The predicted molar refractivity (Wildman–Crippen MR) is 106 cm³/mol.